The molecule has 1 aromatic heterocycles. The van der Waals surface area contributed by atoms with Crippen LogP contribution in [0.4, 0.5) is 0 Å². The van der Waals surface area contributed by atoms with Gasteiger partial charge in [0.2, 0.25) is 5.91 Å². The van der Waals surface area contributed by atoms with Crippen molar-refractivity contribution in [2.24, 2.45) is 0 Å². The number of hydrogen-bond donors (Lipinski definition) is 0. The fraction of sp³-hybridized carbons (Fsp3) is 0.526. The first-order valence-electron chi connectivity index (χ1n) is 8.82. The predicted octanol–water partition coefficient (Wildman–Crippen LogP) is 2.32. The number of hydrogen-bond acceptors (Lipinski definition) is 6. The van der Waals surface area contributed by atoms with E-state index in [0.29, 0.717) is 31.1 Å². The molecular formula is C19H25N3O4. The van der Waals surface area contributed by atoms with Gasteiger partial charge in [-0.3, -0.25) is 4.79 Å². The molecule has 0 aliphatic carbocycles. The number of likely N-dealkylation sites (tertiary alicyclic amines) is 1. The number of methoxy groups -OCH3 is 1. The molecule has 1 aromatic carbocycles. The van der Waals surface area contributed by atoms with Crippen LogP contribution in [0, 0.1) is 13.8 Å². The average Bonchev–Trinajstić information content (AvgIpc) is 3.06. The van der Waals surface area contributed by atoms with Crippen LogP contribution in [0.5, 0.6) is 5.75 Å². The molecule has 1 unspecified atom stereocenters. The quantitative estimate of drug-likeness (QED) is 0.788. The van der Waals surface area contributed by atoms with Crippen molar-refractivity contribution in [2.75, 3.05) is 26.8 Å². The number of ether oxygens (including phenoxy) is 2. The normalized spacial score (nSPS) is 20.2. The first-order valence-corrected chi connectivity index (χ1v) is 8.82. The smallest absolute Gasteiger partial charge is 0.228 e. The Labute approximate surface area is 153 Å². The van der Waals surface area contributed by atoms with E-state index in [1.54, 1.807) is 14.0 Å². The van der Waals surface area contributed by atoms with Crippen LogP contribution in [-0.4, -0.2) is 53.5 Å². The molecule has 1 aliphatic rings. The van der Waals surface area contributed by atoms with Gasteiger partial charge in [-0.2, -0.15) is 0 Å². The number of aromatic nitrogens is 2. The fourth-order valence-corrected chi connectivity index (χ4v) is 3.25. The summed E-state index contributed by atoms with van der Waals surface area (Å²) in [6.45, 7) is 5.41. The van der Waals surface area contributed by atoms with Crippen molar-refractivity contribution in [1.82, 2.24) is 15.2 Å². The van der Waals surface area contributed by atoms with Gasteiger partial charge in [0.05, 0.1) is 13.0 Å². The molecule has 1 saturated heterocycles. The standard InChI is InChI=1S/C19H25N3O4/c1-14-7-4-5-8-17(14)25-13-19(24-3)9-6-10-22(12-19)18(23)11-16-15(2)20-26-21-16/h4-5,7-8H,6,9-13H2,1-3H3. The molecule has 1 amide bonds. The molecule has 1 fully saturated rings. The van der Waals surface area contributed by atoms with E-state index in [9.17, 15) is 4.79 Å². The molecule has 7 nitrogen and oxygen atoms in total. The van der Waals surface area contributed by atoms with Crippen molar-refractivity contribution in [1.29, 1.82) is 0 Å². The van der Waals surface area contributed by atoms with E-state index >= 15 is 0 Å². The van der Waals surface area contributed by atoms with E-state index in [4.69, 9.17) is 9.47 Å². The number of amides is 1. The molecule has 2 aromatic rings. The highest BCUT2D eigenvalue weighted by Crippen LogP contribution is 2.27. The second-order valence-electron chi connectivity index (χ2n) is 6.83. The molecule has 1 aliphatic heterocycles. The van der Waals surface area contributed by atoms with Crippen LogP contribution in [0.1, 0.15) is 29.8 Å². The van der Waals surface area contributed by atoms with Gasteiger partial charge in [0.1, 0.15) is 29.3 Å². The van der Waals surface area contributed by atoms with Crippen LogP contribution in [-0.2, 0) is 16.0 Å². The van der Waals surface area contributed by atoms with Gasteiger partial charge in [-0.1, -0.05) is 28.5 Å². The Morgan fingerprint density at radius 3 is 2.81 bits per heavy atom. The van der Waals surface area contributed by atoms with Gasteiger partial charge in [-0.05, 0) is 38.3 Å². The van der Waals surface area contributed by atoms with E-state index < -0.39 is 5.60 Å². The van der Waals surface area contributed by atoms with Crippen molar-refractivity contribution in [3.05, 3.63) is 41.2 Å². The zero-order valence-corrected chi connectivity index (χ0v) is 15.5. The lowest BCUT2D eigenvalue weighted by Gasteiger charge is -2.41. The average molecular weight is 359 g/mol. The summed E-state index contributed by atoms with van der Waals surface area (Å²) in [6, 6.07) is 7.90. The lowest BCUT2D eigenvalue weighted by molar-refractivity contribution is -0.142. The van der Waals surface area contributed by atoms with E-state index in [-0.39, 0.29) is 12.3 Å². The second kappa shape index (κ2) is 7.86. The number of carbonyl (C=O) groups excluding carboxylic acids is 1. The third kappa shape index (κ3) is 4.04. The number of rotatable bonds is 6. The third-order valence-electron chi connectivity index (χ3n) is 4.97. The van der Waals surface area contributed by atoms with E-state index in [0.717, 1.165) is 24.2 Å². The molecule has 2 heterocycles. The predicted molar refractivity (Wildman–Crippen MR) is 95.0 cm³/mol. The summed E-state index contributed by atoms with van der Waals surface area (Å²) in [5.41, 5.74) is 1.81. The zero-order chi connectivity index (χ0) is 18.6. The fourth-order valence-electron chi connectivity index (χ4n) is 3.25. The lowest BCUT2D eigenvalue weighted by atomic mass is 9.93. The summed E-state index contributed by atoms with van der Waals surface area (Å²) < 4.78 is 16.5. The van der Waals surface area contributed by atoms with Gasteiger partial charge in [0.15, 0.2) is 0 Å². The van der Waals surface area contributed by atoms with Gasteiger partial charge >= 0.3 is 0 Å². The Balaban J connectivity index is 1.65. The lowest BCUT2D eigenvalue weighted by Crippen LogP contribution is -2.54. The molecule has 26 heavy (non-hydrogen) atoms. The Morgan fingerprint density at radius 2 is 2.12 bits per heavy atom. The summed E-state index contributed by atoms with van der Waals surface area (Å²) in [5, 5.41) is 7.53. The first-order chi connectivity index (χ1) is 12.5. The summed E-state index contributed by atoms with van der Waals surface area (Å²) >= 11 is 0. The maximum Gasteiger partial charge on any atom is 0.228 e. The number of nitrogens with zero attached hydrogens (tertiary/aromatic N) is 3. The van der Waals surface area contributed by atoms with Crippen molar-refractivity contribution >= 4 is 5.91 Å². The Bertz CT molecular complexity index is 761. The molecule has 0 bridgehead atoms. The van der Waals surface area contributed by atoms with Gasteiger partial charge < -0.3 is 14.4 Å². The second-order valence-corrected chi connectivity index (χ2v) is 6.83. The van der Waals surface area contributed by atoms with Crippen molar-refractivity contribution in [3.63, 3.8) is 0 Å². The Hall–Kier alpha value is -2.41. The van der Waals surface area contributed by atoms with Crippen LogP contribution < -0.4 is 4.74 Å². The largest absolute Gasteiger partial charge is 0.490 e. The molecule has 1 atom stereocenters. The van der Waals surface area contributed by atoms with E-state index in [1.807, 2.05) is 36.1 Å². The summed E-state index contributed by atoms with van der Waals surface area (Å²) in [6.07, 6.45) is 1.91. The Morgan fingerprint density at radius 1 is 1.31 bits per heavy atom. The molecule has 0 radical (unpaired) electrons. The number of benzene rings is 1. The van der Waals surface area contributed by atoms with Crippen molar-refractivity contribution in [3.8, 4) is 5.75 Å². The highest BCUT2D eigenvalue weighted by molar-refractivity contribution is 5.78. The van der Waals surface area contributed by atoms with Crippen molar-refractivity contribution in [2.45, 2.75) is 38.7 Å². The summed E-state index contributed by atoms with van der Waals surface area (Å²) in [5.74, 6) is 0.845. The van der Waals surface area contributed by atoms with Gasteiger partial charge in [0, 0.05) is 13.7 Å². The molecule has 140 valence electrons. The minimum atomic E-state index is -0.507. The maximum absolute atomic E-state index is 12.7. The Kier molecular flexibility index (Phi) is 5.56. The number of carbonyl (C=O) groups is 1. The molecule has 0 spiro atoms. The molecular weight excluding hydrogens is 334 g/mol. The first kappa shape index (κ1) is 18.4. The molecule has 0 N–H and O–H groups in total. The van der Waals surface area contributed by atoms with Crippen LogP contribution in [0.2, 0.25) is 0 Å². The third-order valence-corrected chi connectivity index (χ3v) is 4.97. The SMILES string of the molecule is COC1(COc2ccccc2C)CCCN(C(=O)Cc2nonc2C)C1. The number of piperidine rings is 1. The van der Waals surface area contributed by atoms with Gasteiger partial charge in [-0.25, -0.2) is 4.63 Å². The summed E-state index contributed by atoms with van der Waals surface area (Å²) in [4.78, 5) is 14.5. The van der Waals surface area contributed by atoms with Crippen LogP contribution in [0.15, 0.2) is 28.9 Å². The van der Waals surface area contributed by atoms with E-state index in [2.05, 4.69) is 14.9 Å². The van der Waals surface area contributed by atoms with Gasteiger partial charge in [-0.15, -0.1) is 0 Å². The minimum Gasteiger partial charge on any atom is -0.490 e. The maximum atomic E-state index is 12.7. The topological polar surface area (TPSA) is 77.7 Å². The molecule has 3 rings (SSSR count). The van der Waals surface area contributed by atoms with Crippen molar-refractivity contribution < 1.29 is 18.9 Å². The summed E-state index contributed by atoms with van der Waals surface area (Å²) in [7, 11) is 1.68. The van der Waals surface area contributed by atoms with Crippen LogP contribution in [0.25, 0.3) is 0 Å². The highest BCUT2D eigenvalue weighted by Gasteiger charge is 2.38. The molecule has 7 heteroatoms. The number of para-hydroxylation sites is 1. The van der Waals surface area contributed by atoms with Gasteiger partial charge in [0.25, 0.3) is 0 Å². The minimum absolute atomic E-state index is 0.000756. The molecule has 0 saturated carbocycles. The highest BCUT2D eigenvalue weighted by atomic mass is 16.6. The zero-order valence-electron chi connectivity index (χ0n) is 15.5. The number of aryl methyl sites for hydroxylation is 2. The van der Waals surface area contributed by atoms with Crippen LogP contribution >= 0.6 is 0 Å². The monoisotopic (exact) mass is 359 g/mol. The van der Waals surface area contributed by atoms with Crippen LogP contribution in [0.3, 0.4) is 0 Å². The van der Waals surface area contributed by atoms with E-state index in [1.165, 1.54) is 0 Å².